The van der Waals surface area contributed by atoms with Gasteiger partial charge in [-0.2, -0.15) is 0 Å². The zero-order valence-electron chi connectivity index (χ0n) is 12.4. The van der Waals surface area contributed by atoms with Crippen molar-refractivity contribution in [1.29, 1.82) is 0 Å². The zero-order chi connectivity index (χ0) is 13.2. The van der Waals surface area contributed by atoms with Gasteiger partial charge in [-0.15, -0.1) is 0 Å². The lowest BCUT2D eigenvalue weighted by Gasteiger charge is -2.44. The molecule has 3 nitrogen and oxygen atoms in total. The van der Waals surface area contributed by atoms with Crippen LogP contribution in [-0.2, 0) is 9.47 Å². The normalized spacial score (nSPS) is 34.3. The Morgan fingerprint density at radius 3 is 2.44 bits per heavy atom. The summed E-state index contributed by atoms with van der Waals surface area (Å²) >= 11 is 0. The second-order valence-electron chi connectivity index (χ2n) is 6.87. The Morgan fingerprint density at radius 2 is 1.94 bits per heavy atom. The van der Waals surface area contributed by atoms with E-state index < -0.39 is 0 Å². The van der Waals surface area contributed by atoms with Crippen molar-refractivity contribution in [2.24, 2.45) is 11.3 Å². The van der Waals surface area contributed by atoms with Crippen LogP contribution < -0.4 is 5.32 Å². The van der Waals surface area contributed by atoms with Crippen LogP contribution in [0.4, 0.5) is 0 Å². The lowest BCUT2D eigenvalue weighted by Crippen LogP contribution is -2.51. The molecule has 1 aliphatic carbocycles. The first-order valence-electron chi connectivity index (χ1n) is 7.47. The Morgan fingerprint density at radius 1 is 1.22 bits per heavy atom. The third-order valence-electron chi connectivity index (χ3n) is 4.46. The summed E-state index contributed by atoms with van der Waals surface area (Å²) < 4.78 is 11.5. The van der Waals surface area contributed by atoms with Crippen molar-refractivity contribution in [3.8, 4) is 0 Å². The molecular weight excluding hydrogens is 226 g/mol. The molecule has 1 aliphatic heterocycles. The van der Waals surface area contributed by atoms with Gasteiger partial charge in [-0.25, -0.2) is 0 Å². The van der Waals surface area contributed by atoms with Crippen molar-refractivity contribution in [1.82, 2.24) is 5.32 Å². The number of hydrogen-bond acceptors (Lipinski definition) is 3. The molecule has 0 spiro atoms. The summed E-state index contributed by atoms with van der Waals surface area (Å²) in [7, 11) is 0. The van der Waals surface area contributed by atoms with E-state index in [2.05, 4.69) is 33.0 Å². The van der Waals surface area contributed by atoms with E-state index in [0.29, 0.717) is 23.7 Å². The summed E-state index contributed by atoms with van der Waals surface area (Å²) in [5.41, 5.74) is 0.398. The zero-order valence-corrected chi connectivity index (χ0v) is 12.4. The topological polar surface area (TPSA) is 30.5 Å². The highest BCUT2D eigenvalue weighted by atomic mass is 16.6. The van der Waals surface area contributed by atoms with Gasteiger partial charge >= 0.3 is 0 Å². The van der Waals surface area contributed by atoms with Crippen LogP contribution in [0, 0.1) is 11.3 Å². The van der Waals surface area contributed by atoms with E-state index in [1.165, 1.54) is 19.3 Å². The van der Waals surface area contributed by atoms with E-state index in [-0.39, 0.29) is 0 Å². The highest BCUT2D eigenvalue weighted by molar-refractivity contribution is 4.90. The molecule has 3 unspecified atom stereocenters. The smallest absolute Gasteiger partial charge is 0.105 e. The minimum Gasteiger partial charge on any atom is -0.376 e. The van der Waals surface area contributed by atoms with Crippen LogP contribution in [0.25, 0.3) is 0 Å². The molecule has 0 aromatic rings. The fourth-order valence-corrected chi connectivity index (χ4v) is 3.10. The summed E-state index contributed by atoms with van der Waals surface area (Å²) in [5, 5.41) is 3.59. The van der Waals surface area contributed by atoms with Crippen LogP contribution in [0.3, 0.4) is 0 Å². The third-order valence-corrected chi connectivity index (χ3v) is 4.46. The molecule has 18 heavy (non-hydrogen) atoms. The SMILES string of the molecule is CCNC1CCC(C(C)(C)C)CC1OC1COC1. The van der Waals surface area contributed by atoms with Crippen LogP contribution >= 0.6 is 0 Å². The molecule has 2 fully saturated rings. The van der Waals surface area contributed by atoms with E-state index in [1.54, 1.807) is 0 Å². The fraction of sp³-hybridized carbons (Fsp3) is 1.00. The Labute approximate surface area is 112 Å². The summed E-state index contributed by atoms with van der Waals surface area (Å²) in [5.74, 6) is 0.776. The number of ether oxygens (including phenoxy) is 2. The first kappa shape index (κ1) is 14.3. The third kappa shape index (κ3) is 3.46. The number of hydrogen-bond donors (Lipinski definition) is 1. The van der Waals surface area contributed by atoms with E-state index in [9.17, 15) is 0 Å². The molecule has 1 N–H and O–H groups in total. The number of rotatable bonds is 4. The highest BCUT2D eigenvalue weighted by Crippen LogP contribution is 2.39. The van der Waals surface area contributed by atoms with Crippen LogP contribution in [0.2, 0.25) is 0 Å². The van der Waals surface area contributed by atoms with Crippen molar-refractivity contribution in [2.75, 3.05) is 19.8 Å². The van der Waals surface area contributed by atoms with E-state index in [0.717, 1.165) is 25.7 Å². The molecule has 0 aromatic carbocycles. The Kier molecular flexibility index (Phi) is 4.68. The molecule has 0 amide bonds. The predicted octanol–water partition coefficient (Wildman–Crippen LogP) is 2.59. The molecular formula is C15H29NO2. The summed E-state index contributed by atoms with van der Waals surface area (Å²) in [6.45, 7) is 11.9. The second-order valence-corrected chi connectivity index (χ2v) is 6.87. The molecule has 1 heterocycles. The monoisotopic (exact) mass is 255 g/mol. The average molecular weight is 255 g/mol. The van der Waals surface area contributed by atoms with Gasteiger partial charge in [0.25, 0.3) is 0 Å². The Bertz CT molecular complexity index is 258. The minimum atomic E-state index is 0.342. The van der Waals surface area contributed by atoms with Gasteiger partial charge in [0.1, 0.15) is 6.10 Å². The van der Waals surface area contributed by atoms with E-state index >= 15 is 0 Å². The van der Waals surface area contributed by atoms with Crippen molar-refractivity contribution < 1.29 is 9.47 Å². The van der Waals surface area contributed by atoms with Crippen molar-refractivity contribution >= 4 is 0 Å². The molecule has 0 bridgehead atoms. The van der Waals surface area contributed by atoms with Gasteiger partial charge in [-0.05, 0) is 37.1 Å². The number of nitrogens with one attached hydrogen (secondary N) is 1. The molecule has 1 saturated carbocycles. The molecule has 106 valence electrons. The maximum absolute atomic E-state index is 6.23. The van der Waals surface area contributed by atoms with Gasteiger partial charge in [0.05, 0.1) is 19.3 Å². The average Bonchev–Trinajstić information content (AvgIpc) is 2.24. The fourth-order valence-electron chi connectivity index (χ4n) is 3.10. The lowest BCUT2D eigenvalue weighted by molar-refractivity contribution is -0.171. The van der Waals surface area contributed by atoms with Crippen LogP contribution in [0.5, 0.6) is 0 Å². The van der Waals surface area contributed by atoms with Crippen molar-refractivity contribution in [2.45, 2.75) is 65.2 Å². The van der Waals surface area contributed by atoms with Gasteiger partial charge < -0.3 is 14.8 Å². The maximum atomic E-state index is 6.23. The van der Waals surface area contributed by atoms with E-state index in [4.69, 9.17) is 9.47 Å². The predicted molar refractivity (Wildman–Crippen MR) is 73.7 cm³/mol. The van der Waals surface area contributed by atoms with E-state index in [1.807, 2.05) is 0 Å². The summed E-state index contributed by atoms with van der Waals surface area (Å²) in [6, 6.07) is 0.536. The Balaban J connectivity index is 1.93. The Hall–Kier alpha value is -0.120. The van der Waals surface area contributed by atoms with Crippen LogP contribution in [-0.4, -0.2) is 38.0 Å². The highest BCUT2D eigenvalue weighted by Gasteiger charge is 2.38. The quantitative estimate of drug-likeness (QED) is 0.837. The molecule has 2 aliphatic rings. The second kappa shape index (κ2) is 5.89. The van der Waals surface area contributed by atoms with Crippen molar-refractivity contribution in [3.63, 3.8) is 0 Å². The largest absolute Gasteiger partial charge is 0.376 e. The van der Waals surface area contributed by atoms with Gasteiger partial charge in [-0.1, -0.05) is 27.7 Å². The summed E-state index contributed by atoms with van der Waals surface area (Å²) in [6.07, 6.45) is 4.47. The number of likely N-dealkylation sites (N-methyl/N-ethyl adjacent to an activating group) is 1. The molecule has 0 aromatic heterocycles. The van der Waals surface area contributed by atoms with Gasteiger partial charge in [0.2, 0.25) is 0 Å². The van der Waals surface area contributed by atoms with Crippen LogP contribution in [0.1, 0.15) is 47.0 Å². The van der Waals surface area contributed by atoms with Crippen molar-refractivity contribution in [3.05, 3.63) is 0 Å². The molecule has 3 atom stereocenters. The van der Waals surface area contributed by atoms with Gasteiger partial charge in [0.15, 0.2) is 0 Å². The first-order valence-corrected chi connectivity index (χ1v) is 7.47. The molecule has 0 radical (unpaired) electrons. The molecule has 2 rings (SSSR count). The van der Waals surface area contributed by atoms with Crippen LogP contribution in [0.15, 0.2) is 0 Å². The lowest BCUT2D eigenvalue weighted by atomic mass is 9.70. The standard InChI is InChI=1S/C15H29NO2/c1-5-16-13-7-6-11(15(2,3)4)8-14(13)18-12-9-17-10-12/h11-14,16H,5-10H2,1-4H3. The van der Waals surface area contributed by atoms with Gasteiger partial charge in [-0.3, -0.25) is 0 Å². The molecule has 3 heteroatoms. The summed E-state index contributed by atoms with van der Waals surface area (Å²) in [4.78, 5) is 0. The maximum Gasteiger partial charge on any atom is 0.105 e. The molecule has 1 saturated heterocycles. The first-order chi connectivity index (χ1) is 8.50. The van der Waals surface area contributed by atoms with Gasteiger partial charge in [0, 0.05) is 6.04 Å². The minimum absolute atomic E-state index is 0.342.